The van der Waals surface area contributed by atoms with E-state index in [1.165, 1.54) is 0 Å². The molecule has 2 aromatic carbocycles. The third-order valence-corrected chi connectivity index (χ3v) is 5.21. The highest BCUT2D eigenvalue weighted by molar-refractivity contribution is 6.30. The summed E-state index contributed by atoms with van der Waals surface area (Å²) in [5.41, 5.74) is 1.06. The number of hydrogen-bond acceptors (Lipinski definition) is 4. The fourth-order valence-corrected chi connectivity index (χ4v) is 3.48. The summed E-state index contributed by atoms with van der Waals surface area (Å²) in [5.74, 6) is 1.44. The fourth-order valence-electron chi connectivity index (χ4n) is 3.35. The molecule has 1 aliphatic carbocycles. The monoisotopic (exact) mass is 375 g/mol. The lowest BCUT2D eigenvalue weighted by Crippen LogP contribution is -2.46. The van der Waals surface area contributed by atoms with Gasteiger partial charge in [-0.3, -0.25) is 4.79 Å². The molecule has 0 unspecified atom stereocenters. The van der Waals surface area contributed by atoms with E-state index in [9.17, 15) is 4.79 Å². The van der Waals surface area contributed by atoms with Crippen LogP contribution in [0.4, 0.5) is 5.69 Å². The highest BCUT2D eigenvalue weighted by Gasteiger charge is 2.45. The largest absolute Gasteiger partial charge is 0.493 e. The van der Waals surface area contributed by atoms with Gasteiger partial charge in [0.15, 0.2) is 11.5 Å². The van der Waals surface area contributed by atoms with Gasteiger partial charge in [0, 0.05) is 22.8 Å². The minimum Gasteiger partial charge on any atom is -0.493 e. The summed E-state index contributed by atoms with van der Waals surface area (Å²) in [6.07, 6.45) is 2.64. The third-order valence-electron chi connectivity index (χ3n) is 4.96. The second-order valence-electron chi connectivity index (χ2n) is 6.31. The quantitative estimate of drug-likeness (QED) is 0.811. The average Bonchev–Trinajstić information content (AvgIpc) is 2.61. The van der Waals surface area contributed by atoms with Crippen molar-refractivity contribution in [3.05, 3.63) is 47.0 Å². The molecule has 0 atom stereocenters. The Morgan fingerprint density at radius 3 is 2.00 bits per heavy atom. The number of ether oxygens (including phenoxy) is 3. The zero-order chi connectivity index (χ0) is 18.7. The number of methoxy groups -OCH3 is 3. The molecule has 5 nitrogen and oxygen atoms in total. The molecule has 2 aromatic rings. The van der Waals surface area contributed by atoms with Crippen molar-refractivity contribution in [1.82, 2.24) is 0 Å². The minimum atomic E-state index is -0.523. The van der Waals surface area contributed by atoms with Gasteiger partial charge < -0.3 is 19.5 Å². The summed E-state index contributed by atoms with van der Waals surface area (Å²) in [5, 5.41) is 3.67. The topological polar surface area (TPSA) is 56.8 Å². The second-order valence-corrected chi connectivity index (χ2v) is 6.75. The Kier molecular flexibility index (Phi) is 5.28. The minimum absolute atomic E-state index is 0.0413. The van der Waals surface area contributed by atoms with E-state index in [4.69, 9.17) is 25.8 Å². The van der Waals surface area contributed by atoms with Crippen LogP contribution < -0.4 is 19.5 Å². The van der Waals surface area contributed by atoms with Crippen molar-refractivity contribution in [1.29, 1.82) is 0 Å². The maximum Gasteiger partial charge on any atom is 0.235 e. The van der Waals surface area contributed by atoms with Gasteiger partial charge >= 0.3 is 0 Å². The molecule has 6 heteroatoms. The first-order valence-electron chi connectivity index (χ1n) is 8.41. The molecule has 0 bridgehead atoms. The molecular formula is C20H22ClNO4. The summed E-state index contributed by atoms with van der Waals surface area (Å²) >= 11 is 5.99. The smallest absolute Gasteiger partial charge is 0.235 e. The van der Waals surface area contributed by atoms with Gasteiger partial charge in [0.2, 0.25) is 11.7 Å². The summed E-state index contributed by atoms with van der Waals surface area (Å²) in [6.45, 7) is 0. The Morgan fingerprint density at radius 2 is 1.58 bits per heavy atom. The first-order chi connectivity index (χ1) is 12.5. The van der Waals surface area contributed by atoms with Gasteiger partial charge in [-0.1, -0.05) is 30.2 Å². The Hall–Kier alpha value is -2.40. The summed E-state index contributed by atoms with van der Waals surface area (Å²) in [4.78, 5) is 13.1. The number of halogens is 1. The SMILES string of the molecule is COc1cc(NC(=O)C2(c3ccc(Cl)cc3)CCC2)cc(OC)c1OC. The van der Waals surface area contributed by atoms with Gasteiger partial charge in [0.25, 0.3) is 0 Å². The molecule has 0 spiro atoms. The predicted octanol–water partition coefficient (Wildman–Crippen LogP) is 4.43. The molecule has 26 heavy (non-hydrogen) atoms. The molecule has 1 saturated carbocycles. The van der Waals surface area contributed by atoms with Crippen LogP contribution in [0, 0.1) is 0 Å². The van der Waals surface area contributed by atoms with Crippen molar-refractivity contribution in [3.8, 4) is 17.2 Å². The molecule has 0 saturated heterocycles. The van der Waals surface area contributed by atoms with Crippen molar-refractivity contribution in [2.45, 2.75) is 24.7 Å². The van der Waals surface area contributed by atoms with E-state index < -0.39 is 5.41 Å². The zero-order valence-corrected chi connectivity index (χ0v) is 15.9. The van der Waals surface area contributed by atoms with E-state index in [1.54, 1.807) is 33.5 Å². The van der Waals surface area contributed by atoms with E-state index in [0.717, 1.165) is 24.8 Å². The van der Waals surface area contributed by atoms with Gasteiger partial charge in [-0.25, -0.2) is 0 Å². The van der Waals surface area contributed by atoms with E-state index in [-0.39, 0.29) is 5.91 Å². The number of hydrogen-bond donors (Lipinski definition) is 1. The molecule has 1 N–H and O–H groups in total. The van der Waals surface area contributed by atoms with Crippen molar-refractivity contribution < 1.29 is 19.0 Å². The van der Waals surface area contributed by atoms with Gasteiger partial charge in [0.1, 0.15) is 0 Å². The fraction of sp³-hybridized carbons (Fsp3) is 0.350. The van der Waals surface area contributed by atoms with Crippen molar-refractivity contribution >= 4 is 23.2 Å². The maximum absolute atomic E-state index is 13.1. The highest BCUT2D eigenvalue weighted by atomic mass is 35.5. The van der Waals surface area contributed by atoms with Gasteiger partial charge in [-0.2, -0.15) is 0 Å². The Morgan fingerprint density at radius 1 is 1.00 bits per heavy atom. The summed E-state index contributed by atoms with van der Waals surface area (Å²) in [7, 11) is 4.64. The number of rotatable bonds is 6. The van der Waals surface area contributed by atoms with Crippen LogP contribution in [-0.4, -0.2) is 27.2 Å². The van der Waals surface area contributed by atoms with E-state index in [0.29, 0.717) is 28.0 Å². The first kappa shape index (κ1) is 18.4. The number of carbonyl (C=O) groups is 1. The van der Waals surface area contributed by atoms with E-state index in [2.05, 4.69) is 5.32 Å². The van der Waals surface area contributed by atoms with Crippen molar-refractivity contribution in [3.63, 3.8) is 0 Å². The molecule has 0 aromatic heterocycles. The molecule has 138 valence electrons. The average molecular weight is 376 g/mol. The van der Waals surface area contributed by atoms with Crippen LogP contribution in [0.5, 0.6) is 17.2 Å². The third kappa shape index (κ3) is 3.19. The summed E-state index contributed by atoms with van der Waals surface area (Å²) in [6, 6.07) is 11.0. The highest BCUT2D eigenvalue weighted by Crippen LogP contribution is 2.46. The molecule has 1 fully saturated rings. The number of benzene rings is 2. The van der Waals surface area contributed by atoms with Gasteiger partial charge in [-0.15, -0.1) is 0 Å². The summed E-state index contributed by atoms with van der Waals surface area (Å²) < 4.78 is 16.0. The number of amides is 1. The Balaban J connectivity index is 1.90. The standard InChI is InChI=1S/C20H22ClNO4/c1-24-16-11-15(12-17(25-2)18(16)26-3)22-19(23)20(9-4-10-20)13-5-7-14(21)8-6-13/h5-8,11-12H,4,9-10H2,1-3H3,(H,22,23). The number of nitrogens with one attached hydrogen (secondary N) is 1. The predicted molar refractivity (Wildman–Crippen MR) is 102 cm³/mol. The maximum atomic E-state index is 13.1. The molecule has 0 aliphatic heterocycles. The van der Waals surface area contributed by atoms with Crippen LogP contribution in [0.3, 0.4) is 0 Å². The van der Waals surface area contributed by atoms with Crippen LogP contribution >= 0.6 is 11.6 Å². The van der Waals surface area contributed by atoms with Crippen LogP contribution in [-0.2, 0) is 10.2 Å². The Bertz CT molecular complexity index is 775. The van der Waals surface area contributed by atoms with E-state index in [1.807, 2.05) is 24.3 Å². The molecule has 3 rings (SSSR count). The normalized spacial score (nSPS) is 14.9. The van der Waals surface area contributed by atoms with E-state index >= 15 is 0 Å². The van der Waals surface area contributed by atoms with Gasteiger partial charge in [0.05, 0.1) is 26.7 Å². The molecule has 0 heterocycles. The van der Waals surface area contributed by atoms with Crippen LogP contribution in [0.15, 0.2) is 36.4 Å². The molecular weight excluding hydrogens is 354 g/mol. The van der Waals surface area contributed by atoms with Gasteiger partial charge in [-0.05, 0) is 30.5 Å². The molecule has 0 radical (unpaired) electrons. The molecule has 1 aliphatic rings. The first-order valence-corrected chi connectivity index (χ1v) is 8.79. The Labute approximate surface area is 158 Å². The zero-order valence-electron chi connectivity index (χ0n) is 15.1. The van der Waals surface area contributed by atoms with Crippen molar-refractivity contribution in [2.24, 2.45) is 0 Å². The van der Waals surface area contributed by atoms with Crippen LogP contribution in [0.2, 0.25) is 5.02 Å². The van der Waals surface area contributed by atoms with Crippen molar-refractivity contribution in [2.75, 3.05) is 26.6 Å². The number of anilines is 1. The van der Waals surface area contributed by atoms with Crippen LogP contribution in [0.1, 0.15) is 24.8 Å². The molecule has 1 amide bonds. The lowest BCUT2D eigenvalue weighted by Gasteiger charge is -2.40. The lowest BCUT2D eigenvalue weighted by atomic mass is 9.64. The second kappa shape index (κ2) is 7.46. The van der Waals surface area contributed by atoms with Crippen LogP contribution in [0.25, 0.3) is 0 Å². The number of carbonyl (C=O) groups excluding carboxylic acids is 1. The lowest BCUT2D eigenvalue weighted by molar-refractivity contribution is -0.124.